The van der Waals surface area contributed by atoms with Crippen LogP contribution in [0.15, 0.2) is 18.2 Å². The fraction of sp³-hybridized carbons (Fsp3) is 0.333. The Labute approximate surface area is 105 Å². The molecule has 0 heterocycles. The maximum Gasteiger partial charge on any atom is 0.305 e. The van der Waals surface area contributed by atoms with Gasteiger partial charge in [-0.3, -0.25) is 9.59 Å². The number of carboxylic acids is 1. The van der Waals surface area contributed by atoms with Crippen molar-refractivity contribution in [2.45, 2.75) is 19.4 Å². The molecule has 1 unspecified atom stereocenters. The second-order valence-electron chi connectivity index (χ2n) is 3.93. The largest absolute Gasteiger partial charge is 0.496 e. The highest BCUT2D eigenvalue weighted by Crippen LogP contribution is 2.21. The van der Waals surface area contributed by atoms with Crippen molar-refractivity contribution < 1.29 is 19.4 Å². The summed E-state index contributed by atoms with van der Waals surface area (Å²) in [6.45, 7) is 1.62. The Bertz CT molecular complexity index is 459. The predicted molar refractivity (Wildman–Crippen MR) is 66.6 cm³/mol. The number of amides is 1. The lowest BCUT2D eigenvalue weighted by Crippen LogP contribution is -2.34. The van der Waals surface area contributed by atoms with Gasteiger partial charge in [-0.2, -0.15) is 0 Å². The summed E-state index contributed by atoms with van der Waals surface area (Å²) in [6.07, 6.45) is -0.136. The van der Waals surface area contributed by atoms with E-state index in [4.69, 9.17) is 15.6 Å². The van der Waals surface area contributed by atoms with Crippen LogP contribution < -0.4 is 15.8 Å². The maximum absolute atomic E-state index is 11.9. The third-order valence-electron chi connectivity index (χ3n) is 2.33. The summed E-state index contributed by atoms with van der Waals surface area (Å²) >= 11 is 0. The van der Waals surface area contributed by atoms with E-state index >= 15 is 0 Å². The van der Waals surface area contributed by atoms with E-state index < -0.39 is 12.0 Å². The molecular weight excluding hydrogens is 236 g/mol. The van der Waals surface area contributed by atoms with Crippen molar-refractivity contribution in [3.05, 3.63) is 23.8 Å². The van der Waals surface area contributed by atoms with E-state index in [1.807, 2.05) is 0 Å². The molecule has 0 bridgehead atoms. The number of hydrogen-bond donors (Lipinski definition) is 3. The average Bonchev–Trinajstić information content (AvgIpc) is 2.27. The minimum absolute atomic E-state index is 0.136. The van der Waals surface area contributed by atoms with Crippen LogP contribution in [0.1, 0.15) is 23.7 Å². The third kappa shape index (κ3) is 3.65. The van der Waals surface area contributed by atoms with E-state index in [0.717, 1.165) is 0 Å². The number of aliphatic carboxylic acids is 1. The number of nitrogens with two attached hydrogens (primary N) is 1. The second-order valence-corrected chi connectivity index (χ2v) is 3.93. The summed E-state index contributed by atoms with van der Waals surface area (Å²) in [4.78, 5) is 22.4. The van der Waals surface area contributed by atoms with E-state index in [1.54, 1.807) is 13.0 Å². The molecule has 0 spiro atoms. The molecule has 1 atom stereocenters. The van der Waals surface area contributed by atoms with Crippen LogP contribution in [-0.4, -0.2) is 30.1 Å². The molecule has 6 nitrogen and oxygen atoms in total. The monoisotopic (exact) mass is 252 g/mol. The fourth-order valence-corrected chi connectivity index (χ4v) is 1.51. The molecule has 1 amide bonds. The van der Waals surface area contributed by atoms with Crippen molar-refractivity contribution in [3.8, 4) is 5.75 Å². The van der Waals surface area contributed by atoms with Crippen molar-refractivity contribution in [1.82, 2.24) is 5.32 Å². The number of anilines is 1. The first-order chi connectivity index (χ1) is 8.43. The summed E-state index contributed by atoms with van der Waals surface area (Å²) in [5, 5.41) is 11.2. The van der Waals surface area contributed by atoms with Gasteiger partial charge in [-0.15, -0.1) is 0 Å². The van der Waals surface area contributed by atoms with Crippen molar-refractivity contribution in [2.24, 2.45) is 0 Å². The zero-order valence-electron chi connectivity index (χ0n) is 10.3. The van der Waals surface area contributed by atoms with E-state index in [1.165, 1.54) is 19.2 Å². The summed E-state index contributed by atoms with van der Waals surface area (Å²) < 4.78 is 5.05. The number of hydrogen-bond acceptors (Lipinski definition) is 4. The molecule has 4 N–H and O–H groups in total. The topological polar surface area (TPSA) is 102 Å². The van der Waals surface area contributed by atoms with E-state index in [2.05, 4.69) is 5.32 Å². The van der Waals surface area contributed by atoms with Gasteiger partial charge in [0.2, 0.25) is 0 Å². The Hall–Kier alpha value is -2.24. The summed E-state index contributed by atoms with van der Waals surface area (Å²) in [6, 6.07) is 4.20. The molecule has 18 heavy (non-hydrogen) atoms. The number of rotatable bonds is 5. The van der Waals surface area contributed by atoms with Gasteiger partial charge >= 0.3 is 5.97 Å². The van der Waals surface area contributed by atoms with Gasteiger partial charge in [0.25, 0.3) is 5.91 Å². The summed E-state index contributed by atoms with van der Waals surface area (Å²) in [5.41, 5.74) is 6.39. The van der Waals surface area contributed by atoms with E-state index in [9.17, 15) is 9.59 Å². The highest BCUT2D eigenvalue weighted by molar-refractivity contribution is 5.97. The summed E-state index contributed by atoms with van der Waals surface area (Å²) in [7, 11) is 1.44. The molecule has 6 heteroatoms. The lowest BCUT2D eigenvalue weighted by Gasteiger charge is -2.13. The molecular formula is C12H16N2O4. The van der Waals surface area contributed by atoms with Gasteiger partial charge in [0.05, 0.1) is 19.1 Å². The number of ether oxygens (including phenoxy) is 1. The Kier molecular flexibility index (Phi) is 4.53. The second kappa shape index (κ2) is 5.90. The Balaban J connectivity index is 2.81. The number of nitrogens with one attached hydrogen (secondary N) is 1. The van der Waals surface area contributed by atoms with Gasteiger partial charge in [0, 0.05) is 17.8 Å². The third-order valence-corrected chi connectivity index (χ3v) is 2.33. The van der Waals surface area contributed by atoms with Crippen LogP contribution in [0.25, 0.3) is 0 Å². The van der Waals surface area contributed by atoms with Gasteiger partial charge in [0.15, 0.2) is 0 Å². The highest BCUT2D eigenvalue weighted by Gasteiger charge is 2.16. The van der Waals surface area contributed by atoms with Crippen LogP contribution in [0.4, 0.5) is 5.69 Å². The Morgan fingerprint density at radius 1 is 1.50 bits per heavy atom. The Morgan fingerprint density at radius 2 is 2.17 bits per heavy atom. The standard InChI is InChI=1S/C12H16N2O4/c1-7(5-11(15)16)14-12(17)9-4-3-8(13)6-10(9)18-2/h3-4,6-7H,5,13H2,1-2H3,(H,14,17)(H,15,16). The molecule has 0 aliphatic carbocycles. The number of carbonyl (C=O) groups excluding carboxylic acids is 1. The number of carboxylic acid groups (broad SMARTS) is 1. The zero-order chi connectivity index (χ0) is 13.7. The lowest BCUT2D eigenvalue weighted by atomic mass is 10.1. The maximum atomic E-state index is 11.9. The normalized spacial score (nSPS) is 11.7. The van der Waals surface area contributed by atoms with Gasteiger partial charge in [-0.05, 0) is 19.1 Å². The molecule has 0 aliphatic rings. The van der Waals surface area contributed by atoms with E-state index in [-0.39, 0.29) is 12.3 Å². The van der Waals surface area contributed by atoms with Crippen LogP contribution in [0.5, 0.6) is 5.75 Å². The molecule has 0 saturated carbocycles. The molecule has 0 radical (unpaired) electrons. The molecule has 0 aromatic heterocycles. The molecule has 98 valence electrons. The van der Waals surface area contributed by atoms with E-state index in [0.29, 0.717) is 17.0 Å². The molecule has 1 aromatic carbocycles. The van der Waals surface area contributed by atoms with Crippen LogP contribution in [-0.2, 0) is 4.79 Å². The van der Waals surface area contributed by atoms with Crippen LogP contribution in [0.2, 0.25) is 0 Å². The smallest absolute Gasteiger partial charge is 0.305 e. The lowest BCUT2D eigenvalue weighted by molar-refractivity contribution is -0.137. The van der Waals surface area contributed by atoms with Gasteiger partial charge in [-0.1, -0.05) is 0 Å². The summed E-state index contributed by atoms with van der Waals surface area (Å²) in [5.74, 6) is -0.998. The van der Waals surface area contributed by atoms with Crippen LogP contribution in [0, 0.1) is 0 Å². The molecule has 1 aromatic rings. The van der Waals surface area contributed by atoms with Gasteiger partial charge < -0.3 is 20.9 Å². The van der Waals surface area contributed by atoms with Gasteiger partial charge in [0.1, 0.15) is 5.75 Å². The molecule has 0 aliphatic heterocycles. The number of methoxy groups -OCH3 is 1. The molecule has 0 fully saturated rings. The first-order valence-corrected chi connectivity index (χ1v) is 5.40. The van der Waals surface area contributed by atoms with Crippen molar-refractivity contribution in [3.63, 3.8) is 0 Å². The zero-order valence-corrected chi connectivity index (χ0v) is 10.3. The van der Waals surface area contributed by atoms with Crippen molar-refractivity contribution in [1.29, 1.82) is 0 Å². The predicted octanol–water partition coefficient (Wildman–Crippen LogP) is 0.870. The van der Waals surface area contributed by atoms with Crippen molar-refractivity contribution in [2.75, 3.05) is 12.8 Å². The fourth-order valence-electron chi connectivity index (χ4n) is 1.51. The highest BCUT2D eigenvalue weighted by atomic mass is 16.5. The van der Waals surface area contributed by atoms with Gasteiger partial charge in [-0.25, -0.2) is 0 Å². The first kappa shape index (κ1) is 13.8. The molecule has 0 saturated heterocycles. The first-order valence-electron chi connectivity index (χ1n) is 5.40. The SMILES string of the molecule is COc1cc(N)ccc1C(=O)NC(C)CC(=O)O. The number of carbonyl (C=O) groups is 2. The number of nitrogen functional groups attached to an aromatic ring is 1. The van der Waals surface area contributed by atoms with Crippen molar-refractivity contribution >= 4 is 17.6 Å². The number of benzene rings is 1. The molecule has 1 rings (SSSR count). The van der Waals surface area contributed by atoms with Crippen LogP contribution in [0.3, 0.4) is 0 Å². The van der Waals surface area contributed by atoms with Crippen LogP contribution >= 0.6 is 0 Å². The Morgan fingerprint density at radius 3 is 2.72 bits per heavy atom. The minimum atomic E-state index is -0.966. The quantitative estimate of drug-likeness (QED) is 0.675. The minimum Gasteiger partial charge on any atom is -0.496 e. The average molecular weight is 252 g/mol.